The number of carbonyl (C=O) groups excluding carboxylic acids is 1. The average molecular weight is 271 g/mol. The summed E-state index contributed by atoms with van der Waals surface area (Å²) in [6.45, 7) is 4.41. The molecule has 0 aliphatic carbocycles. The minimum Gasteiger partial charge on any atom is -0.496 e. The zero-order chi connectivity index (χ0) is 15.0. The lowest BCUT2D eigenvalue weighted by Crippen LogP contribution is -1.92. The molecule has 3 nitrogen and oxygen atoms in total. The van der Waals surface area contributed by atoms with Gasteiger partial charge in [-0.1, -0.05) is 44.2 Å². The second-order valence-electron chi connectivity index (χ2n) is 4.68. The largest absolute Gasteiger partial charge is 0.496 e. The van der Waals surface area contributed by atoms with Gasteiger partial charge in [0, 0.05) is 11.8 Å². The van der Waals surface area contributed by atoms with Crippen LogP contribution in [-0.4, -0.2) is 13.4 Å². The molecule has 0 amide bonds. The van der Waals surface area contributed by atoms with Gasteiger partial charge in [0.25, 0.3) is 0 Å². The van der Waals surface area contributed by atoms with E-state index < -0.39 is 0 Å². The SMILES string of the molecule is CC(C)c1ccccc1.COc1cc(N)ccc1C=O. The van der Waals surface area contributed by atoms with Crippen LogP contribution in [0.3, 0.4) is 0 Å². The monoisotopic (exact) mass is 271 g/mol. The summed E-state index contributed by atoms with van der Waals surface area (Å²) >= 11 is 0. The van der Waals surface area contributed by atoms with Gasteiger partial charge < -0.3 is 10.5 Å². The Morgan fingerprint density at radius 2 is 1.75 bits per heavy atom. The van der Waals surface area contributed by atoms with E-state index in [1.807, 2.05) is 6.07 Å². The van der Waals surface area contributed by atoms with E-state index in [-0.39, 0.29) is 0 Å². The van der Waals surface area contributed by atoms with Gasteiger partial charge in [-0.25, -0.2) is 0 Å². The Morgan fingerprint density at radius 3 is 2.20 bits per heavy atom. The minimum absolute atomic E-state index is 0.514. The Bertz CT molecular complexity index is 536. The van der Waals surface area contributed by atoms with Gasteiger partial charge in [0.05, 0.1) is 12.7 Å². The van der Waals surface area contributed by atoms with Crippen LogP contribution in [0.2, 0.25) is 0 Å². The van der Waals surface area contributed by atoms with Crippen LogP contribution in [0.4, 0.5) is 5.69 Å². The first-order valence-electron chi connectivity index (χ1n) is 6.52. The molecule has 0 heterocycles. The number of nitrogen functional groups attached to an aromatic ring is 1. The molecule has 0 bridgehead atoms. The highest BCUT2D eigenvalue weighted by Crippen LogP contribution is 2.19. The number of rotatable bonds is 3. The van der Waals surface area contributed by atoms with Crippen LogP contribution < -0.4 is 10.5 Å². The Morgan fingerprint density at radius 1 is 1.10 bits per heavy atom. The molecule has 0 fully saturated rings. The number of nitrogens with two attached hydrogens (primary N) is 1. The van der Waals surface area contributed by atoms with Gasteiger partial charge in [-0.05, 0) is 23.6 Å². The molecule has 0 aliphatic rings. The van der Waals surface area contributed by atoms with Crippen molar-refractivity contribution in [2.45, 2.75) is 19.8 Å². The molecule has 2 aromatic rings. The molecule has 20 heavy (non-hydrogen) atoms. The summed E-state index contributed by atoms with van der Waals surface area (Å²) < 4.78 is 4.91. The van der Waals surface area contributed by atoms with Crippen LogP contribution in [0.1, 0.15) is 35.7 Å². The van der Waals surface area contributed by atoms with Gasteiger partial charge >= 0.3 is 0 Å². The molecule has 0 unspecified atom stereocenters. The summed E-state index contributed by atoms with van der Waals surface area (Å²) in [5.74, 6) is 1.17. The van der Waals surface area contributed by atoms with Crippen LogP contribution in [0.5, 0.6) is 5.75 Å². The van der Waals surface area contributed by atoms with E-state index in [1.54, 1.807) is 18.2 Å². The van der Waals surface area contributed by atoms with Crippen LogP contribution in [0.25, 0.3) is 0 Å². The first kappa shape index (κ1) is 15.8. The van der Waals surface area contributed by atoms with Crippen molar-refractivity contribution in [1.82, 2.24) is 0 Å². The van der Waals surface area contributed by atoms with Gasteiger partial charge in [0.1, 0.15) is 5.75 Å². The third-order valence-corrected chi connectivity index (χ3v) is 2.85. The smallest absolute Gasteiger partial charge is 0.153 e. The van der Waals surface area contributed by atoms with E-state index in [1.165, 1.54) is 12.7 Å². The third kappa shape index (κ3) is 4.76. The Kier molecular flexibility index (Phi) is 6.30. The standard InChI is InChI=1S/C9H12.C8H9NO2/c1-8(2)9-6-4-3-5-7-9;1-11-8-4-7(9)3-2-6(8)5-10/h3-8H,1-2H3;2-5H,9H2,1H3. The predicted molar refractivity (Wildman–Crippen MR) is 83.3 cm³/mol. The first-order valence-corrected chi connectivity index (χ1v) is 6.52. The van der Waals surface area contributed by atoms with Gasteiger partial charge in [0.2, 0.25) is 0 Å². The van der Waals surface area contributed by atoms with Crippen molar-refractivity contribution in [2.75, 3.05) is 12.8 Å². The maximum atomic E-state index is 10.4. The average Bonchev–Trinajstić information content (AvgIpc) is 2.48. The molecule has 0 saturated carbocycles. The summed E-state index contributed by atoms with van der Waals surface area (Å²) in [6, 6.07) is 15.4. The van der Waals surface area contributed by atoms with Crippen molar-refractivity contribution in [3.05, 3.63) is 59.7 Å². The van der Waals surface area contributed by atoms with Crippen molar-refractivity contribution in [3.63, 3.8) is 0 Å². The summed E-state index contributed by atoms with van der Waals surface area (Å²) in [5, 5.41) is 0. The van der Waals surface area contributed by atoms with E-state index in [9.17, 15) is 4.79 Å². The lowest BCUT2D eigenvalue weighted by atomic mass is 10.0. The highest BCUT2D eigenvalue weighted by molar-refractivity contribution is 5.80. The zero-order valence-electron chi connectivity index (χ0n) is 12.2. The topological polar surface area (TPSA) is 52.3 Å². The Hall–Kier alpha value is -2.29. The zero-order valence-corrected chi connectivity index (χ0v) is 12.2. The number of ether oxygens (including phenoxy) is 1. The number of hydrogen-bond donors (Lipinski definition) is 1. The van der Waals surface area contributed by atoms with Crippen LogP contribution in [-0.2, 0) is 0 Å². The lowest BCUT2D eigenvalue weighted by Gasteiger charge is -2.02. The van der Waals surface area contributed by atoms with Gasteiger partial charge in [0.15, 0.2) is 6.29 Å². The molecule has 0 aliphatic heterocycles. The Labute approximate surface area is 120 Å². The molecule has 0 atom stereocenters. The molecule has 2 N–H and O–H groups in total. The second kappa shape index (κ2) is 8.00. The molecule has 0 radical (unpaired) electrons. The number of aldehydes is 1. The van der Waals surface area contributed by atoms with E-state index in [2.05, 4.69) is 38.1 Å². The van der Waals surface area contributed by atoms with Crippen molar-refractivity contribution < 1.29 is 9.53 Å². The molecular weight excluding hydrogens is 250 g/mol. The molecule has 0 saturated heterocycles. The maximum Gasteiger partial charge on any atom is 0.153 e. The summed E-state index contributed by atoms with van der Waals surface area (Å²) in [5.41, 5.74) is 7.98. The highest BCUT2D eigenvalue weighted by atomic mass is 16.5. The van der Waals surface area contributed by atoms with E-state index in [0.29, 0.717) is 22.9 Å². The van der Waals surface area contributed by atoms with E-state index >= 15 is 0 Å². The van der Waals surface area contributed by atoms with Crippen LogP contribution in [0.15, 0.2) is 48.5 Å². The number of carbonyl (C=O) groups is 1. The van der Waals surface area contributed by atoms with Gasteiger partial charge in [-0.15, -0.1) is 0 Å². The molecule has 106 valence electrons. The van der Waals surface area contributed by atoms with Crippen molar-refractivity contribution >= 4 is 12.0 Å². The lowest BCUT2D eigenvalue weighted by molar-refractivity contribution is 0.112. The van der Waals surface area contributed by atoms with E-state index in [0.717, 1.165) is 6.29 Å². The first-order chi connectivity index (χ1) is 9.58. The van der Waals surface area contributed by atoms with E-state index in [4.69, 9.17) is 10.5 Å². The fourth-order valence-electron chi connectivity index (χ4n) is 1.66. The molecule has 0 spiro atoms. The predicted octanol–water partition coefficient (Wildman–Crippen LogP) is 3.90. The summed E-state index contributed by atoms with van der Waals surface area (Å²) in [7, 11) is 1.50. The number of methoxy groups -OCH3 is 1. The number of hydrogen-bond acceptors (Lipinski definition) is 3. The highest BCUT2D eigenvalue weighted by Gasteiger charge is 2.00. The van der Waals surface area contributed by atoms with Crippen molar-refractivity contribution in [3.8, 4) is 5.75 Å². The maximum absolute atomic E-state index is 10.4. The van der Waals surface area contributed by atoms with Crippen LogP contribution in [0, 0.1) is 0 Å². The summed E-state index contributed by atoms with van der Waals surface area (Å²) in [6.07, 6.45) is 0.734. The molecular formula is C17H21NO2. The van der Waals surface area contributed by atoms with Crippen LogP contribution >= 0.6 is 0 Å². The molecule has 0 aromatic heterocycles. The molecule has 3 heteroatoms. The second-order valence-corrected chi connectivity index (χ2v) is 4.68. The Balaban J connectivity index is 0.000000204. The number of benzene rings is 2. The fourth-order valence-corrected chi connectivity index (χ4v) is 1.66. The third-order valence-electron chi connectivity index (χ3n) is 2.85. The fraction of sp³-hybridized carbons (Fsp3) is 0.235. The normalized spacial score (nSPS) is 9.60. The molecule has 2 aromatic carbocycles. The number of anilines is 1. The molecule has 2 rings (SSSR count). The van der Waals surface area contributed by atoms with Crippen molar-refractivity contribution in [2.24, 2.45) is 0 Å². The van der Waals surface area contributed by atoms with Gasteiger partial charge in [-0.2, -0.15) is 0 Å². The minimum atomic E-state index is 0.514. The van der Waals surface area contributed by atoms with Gasteiger partial charge in [-0.3, -0.25) is 4.79 Å². The quantitative estimate of drug-likeness (QED) is 0.680. The summed E-state index contributed by atoms with van der Waals surface area (Å²) in [4.78, 5) is 10.4. The van der Waals surface area contributed by atoms with Crippen molar-refractivity contribution in [1.29, 1.82) is 0 Å².